The van der Waals surface area contributed by atoms with Crippen molar-refractivity contribution in [1.82, 2.24) is 5.32 Å². The molecule has 0 saturated heterocycles. The first-order valence-electron chi connectivity index (χ1n) is 6.03. The number of amides is 2. The standard InChI is InChI=1S/C14H15N3O2/c1-14(2)8-16-13(19)10-7-9(3-4-11(10)14)17-12(18)5-6-15/h3-4,7H,5,8H2,1-2H3,(H,16,19)(H,17,18). The first-order valence-corrected chi connectivity index (χ1v) is 6.03. The number of nitriles is 1. The largest absolute Gasteiger partial charge is 0.351 e. The lowest BCUT2D eigenvalue weighted by atomic mass is 9.79. The number of hydrogen-bond acceptors (Lipinski definition) is 3. The van der Waals surface area contributed by atoms with Crippen molar-refractivity contribution in [3.8, 4) is 6.07 Å². The van der Waals surface area contributed by atoms with E-state index in [4.69, 9.17) is 5.26 Å². The molecule has 1 aliphatic rings. The van der Waals surface area contributed by atoms with E-state index in [1.54, 1.807) is 18.2 Å². The maximum absolute atomic E-state index is 11.9. The Balaban J connectivity index is 2.33. The van der Waals surface area contributed by atoms with Gasteiger partial charge in [-0.1, -0.05) is 19.9 Å². The molecule has 5 nitrogen and oxygen atoms in total. The number of carbonyl (C=O) groups is 2. The Bertz CT molecular complexity index is 585. The summed E-state index contributed by atoms with van der Waals surface area (Å²) in [5, 5.41) is 13.9. The van der Waals surface area contributed by atoms with E-state index in [0.29, 0.717) is 17.8 Å². The van der Waals surface area contributed by atoms with Crippen molar-refractivity contribution in [1.29, 1.82) is 5.26 Å². The predicted molar refractivity (Wildman–Crippen MR) is 70.7 cm³/mol. The average Bonchev–Trinajstić information content (AvgIpc) is 2.35. The van der Waals surface area contributed by atoms with Crippen LogP contribution in [0.1, 0.15) is 36.2 Å². The van der Waals surface area contributed by atoms with E-state index in [9.17, 15) is 9.59 Å². The lowest BCUT2D eigenvalue weighted by Gasteiger charge is -2.32. The van der Waals surface area contributed by atoms with Gasteiger partial charge in [0.25, 0.3) is 5.91 Å². The van der Waals surface area contributed by atoms with Crippen molar-refractivity contribution in [2.75, 3.05) is 11.9 Å². The highest BCUT2D eigenvalue weighted by atomic mass is 16.2. The van der Waals surface area contributed by atoms with Gasteiger partial charge in [0.15, 0.2) is 0 Å². The smallest absolute Gasteiger partial charge is 0.251 e. The molecule has 0 saturated carbocycles. The third-order valence-electron chi connectivity index (χ3n) is 3.21. The first-order chi connectivity index (χ1) is 8.94. The van der Waals surface area contributed by atoms with Crippen LogP contribution in [0.25, 0.3) is 0 Å². The Morgan fingerprint density at radius 1 is 1.53 bits per heavy atom. The van der Waals surface area contributed by atoms with Gasteiger partial charge in [0.1, 0.15) is 6.42 Å². The molecule has 0 aromatic heterocycles. The fraction of sp³-hybridized carbons (Fsp3) is 0.357. The summed E-state index contributed by atoms with van der Waals surface area (Å²) in [7, 11) is 0. The summed E-state index contributed by atoms with van der Waals surface area (Å²) in [5.74, 6) is -0.511. The minimum Gasteiger partial charge on any atom is -0.351 e. The van der Waals surface area contributed by atoms with Gasteiger partial charge in [-0.2, -0.15) is 5.26 Å². The zero-order chi connectivity index (χ0) is 14.0. The van der Waals surface area contributed by atoms with Crippen LogP contribution < -0.4 is 10.6 Å². The molecule has 1 heterocycles. The van der Waals surface area contributed by atoms with Crippen LogP contribution in [0.5, 0.6) is 0 Å². The van der Waals surface area contributed by atoms with Gasteiger partial charge in [-0.05, 0) is 17.7 Å². The summed E-state index contributed by atoms with van der Waals surface area (Å²) >= 11 is 0. The molecule has 0 unspecified atom stereocenters. The lowest BCUT2D eigenvalue weighted by Crippen LogP contribution is -2.43. The van der Waals surface area contributed by atoms with E-state index in [1.807, 2.05) is 6.07 Å². The fourth-order valence-electron chi connectivity index (χ4n) is 2.17. The van der Waals surface area contributed by atoms with Gasteiger partial charge in [0.2, 0.25) is 5.91 Å². The highest BCUT2D eigenvalue weighted by Gasteiger charge is 2.31. The van der Waals surface area contributed by atoms with Gasteiger partial charge in [-0.15, -0.1) is 0 Å². The molecule has 0 atom stereocenters. The second-order valence-electron chi connectivity index (χ2n) is 5.21. The summed E-state index contributed by atoms with van der Waals surface area (Å²) in [6.07, 6.45) is -0.200. The van der Waals surface area contributed by atoms with Crippen LogP contribution in [-0.4, -0.2) is 18.4 Å². The van der Waals surface area contributed by atoms with Gasteiger partial charge < -0.3 is 10.6 Å². The molecule has 5 heteroatoms. The monoisotopic (exact) mass is 257 g/mol. The normalized spacial score (nSPS) is 15.9. The number of nitrogens with zero attached hydrogens (tertiary/aromatic N) is 1. The van der Waals surface area contributed by atoms with Crippen LogP contribution in [0.3, 0.4) is 0 Å². The summed E-state index contributed by atoms with van der Waals surface area (Å²) in [6, 6.07) is 7.05. The van der Waals surface area contributed by atoms with Crippen LogP contribution in [-0.2, 0) is 10.2 Å². The first kappa shape index (κ1) is 13.1. The molecule has 0 bridgehead atoms. The average molecular weight is 257 g/mol. The second-order valence-corrected chi connectivity index (χ2v) is 5.21. The lowest BCUT2D eigenvalue weighted by molar-refractivity contribution is -0.115. The maximum atomic E-state index is 11.9. The molecule has 1 aromatic rings. The number of anilines is 1. The number of fused-ring (bicyclic) bond motifs is 1. The molecule has 19 heavy (non-hydrogen) atoms. The molecule has 98 valence electrons. The molecule has 1 aromatic carbocycles. The molecule has 0 aliphatic carbocycles. The predicted octanol–water partition coefficient (Wildman–Crippen LogP) is 1.56. The Hall–Kier alpha value is -2.35. The highest BCUT2D eigenvalue weighted by molar-refractivity contribution is 6.00. The minimum atomic E-state index is -0.377. The zero-order valence-electron chi connectivity index (χ0n) is 10.9. The van der Waals surface area contributed by atoms with Crippen LogP contribution in [0.4, 0.5) is 5.69 Å². The SMILES string of the molecule is CC1(C)CNC(=O)c2cc(NC(=O)CC#N)ccc21. The summed E-state index contributed by atoms with van der Waals surface area (Å²) in [4.78, 5) is 23.2. The molecule has 2 N–H and O–H groups in total. The molecule has 2 rings (SSSR count). The van der Waals surface area contributed by atoms with E-state index in [1.165, 1.54) is 0 Å². The van der Waals surface area contributed by atoms with Gasteiger partial charge >= 0.3 is 0 Å². The Morgan fingerprint density at radius 3 is 2.95 bits per heavy atom. The molecule has 0 spiro atoms. The van der Waals surface area contributed by atoms with Gasteiger partial charge in [0.05, 0.1) is 6.07 Å². The van der Waals surface area contributed by atoms with E-state index < -0.39 is 0 Å². The van der Waals surface area contributed by atoms with Crippen LogP contribution >= 0.6 is 0 Å². The fourth-order valence-corrected chi connectivity index (χ4v) is 2.17. The van der Waals surface area contributed by atoms with Gasteiger partial charge in [-0.3, -0.25) is 9.59 Å². The van der Waals surface area contributed by atoms with Crippen molar-refractivity contribution in [3.63, 3.8) is 0 Å². The van der Waals surface area contributed by atoms with Crippen molar-refractivity contribution in [2.45, 2.75) is 25.7 Å². The maximum Gasteiger partial charge on any atom is 0.251 e. The second kappa shape index (κ2) is 4.73. The zero-order valence-corrected chi connectivity index (χ0v) is 10.9. The quantitative estimate of drug-likeness (QED) is 0.843. The number of benzene rings is 1. The van der Waals surface area contributed by atoms with E-state index in [2.05, 4.69) is 24.5 Å². The molecular weight excluding hydrogens is 242 g/mol. The molecule has 0 fully saturated rings. The van der Waals surface area contributed by atoms with Gasteiger partial charge in [0, 0.05) is 23.2 Å². The third-order valence-corrected chi connectivity index (χ3v) is 3.21. The van der Waals surface area contributed by atoms with Crippen LogP contribution in [0, 0.1) is 11.3 Å². The van der Waals surface area contributed by atoms with Crippen LogP contribution in [0.15, 0.2) is 18.2 Å². The topological polar surface area (TPSA) is 82.0 Å². The number of carbonyl (C=O) groups excluding carboxylic acids is 2. The van der Waals surface area contributed by atoms with Crippen molar-refractivity contribution in [3.05, 3.63) is 29.3 Å². The van der Waals surface area contributed by atoms with E-state index >= 15 is 0 Å². The number of rotatable bonds is 2. The summed E-state index contributed by atoms with van der Waals surface area (Å²) in [6.45, 7) is 4.71. The van der Waals surface area contributed by atoms with Crippen molar-refractivity contribution >= 4 is 17.5 Å². The Morgan fingerprint density at radius 2 is 2.26 bits per heavy atom. The van der Waals surface area contributed by atoms with Crippen molar-refractivity contribution in [2.24, 2.45) is 0 Å². The number of hydrogen-bond donors (Lipinski definition) is 2. The van der Waals surface area contributed by atoms with Crippen molar-refractivity contribution < 1.29 is 9.59 Å². The molecule has 1 aliphatic heterocycles. The van der Waals surface area contributed by atoms with E-state index in [0.717, 1.165) is 5.56 Å². The number of nitrogens with one attached hydrogen (secondary N) is 2. The minimum absolute atomic E-state index is 0.127. The molecule has 2 amide bonds. The molecular formula is C14H15N3O2. The Labute approximate surface area is 111 Å². The summed E-state index contributed by atoms with van der Waals surface area (Å²) in [5.41, 5.74) is 1.95. The third kappa shape index (κ3) is 2.58. The van der Waals surface area contributed by atoms with Gasteiger partial charge in [-0.25, -0.2) is 0 Å². The molecule has 0 radical (unpaired) electrons. The highest BCUT2D eigenvalue weighted by Crippen LogP contribution is 2.31. The Kier molecular flexibility index (Phi) is 3.26. The van der Waals surface area contributed by atoms with Crippen LogP contribution in [0.2, 0.25) is 0 Å². The van der Waals surface area contributed by atoms with E-state index in [-0.39, 0.29) is 23.7 Å². The summed E-state index contributed by atoms with van der Waals surface area (Å²) < 4.78 is 0.